The molecule has 0 bridgehead atoms. The molecule has 2 heteroatoms. The number of rotatable bonds is 4. The van der Waals surface area contributed by atoms with Crippen molar-refractivity contribution in [1.82, 2.24) is 4.90 Å². The van der Waals surface area contributed by atoms with Crippen LogP contribution in [-0.2, 0) is 6.54 Å². The van der Waals surface area contributed by atoms with Crippen molar-refractivity contribution in [2.45, 2.75) is 52.1 Å². The summed E-state index contributed by atoms with van der Waals surface area (Å²) < 4.78 is 0. The molecule has 0 radical (unpaired) electrons. The van der Waals surface area contributed by atoms with E-state index in [2.05, 4.69) is 62.4 Å². The maximum Gasteiger partial charge on any atom is 0.0342 e. The van der Waals surface area contributed by atoms with E-state index >= 15 is 0 Å². The number of hydrogen-bond acceptors (Lipinski definition) is 2. The topological polar surface area (TPSA) is 15.3 Å². The standard InChI is InChI=1S/C17H28N2/c1-17(2)12-6-5-7-16(17)18-15-10-8-14(9-11-15)13-19(3)4/h8-11,16,18H,5-7,12-13H2,1-4H3. The van der Waals surface area contributed by atoms with Gasteiger partial charge in [0.2, 0.25) is 0 Å². The lowest BCUT2D eigenvalue weighted by Crippen LogP contribution is -2.38. The highest BCUT2D eigenvalue weighted by atomic mass is 15.0. The summed E-state index contributed by atoms with van der Waals surface area (Å²) >= 11 is 0. The summed E-state index contributed by atoms with van der Waals surface area (Å²) in [6.45, 7) is 5.80. The zero-order valence-corrected chi connectivity index (χ0v) is 12.9. The van der Waals surface area contributed by atoms with E-state index < -0.39 is 0 Å². The van der Waals surface area contributed by atoms with E-state index in [4.69, 9.17) is 0 Å². The van der Waals surface area contributed by atoms with Gasteiger partial charge in [-0.3, -0.25) is 0 Å². The molecule has 0 heterocycles. The lowest BCUT2D eigenvalue weighted by atomic mass is 9.73. The maximum absolute atomic E-state index is 3.74. The van der Waals surface area contributed by atoms with Gasteiger partial charge in [-0.15, -0.1) is 0 Å². The van der Waals surface area contributed by atoms with Crippen molar-refractivity contribution in [1.29, 1.82) is 0 Å². The Morgan fingerprint density at radius 1 is 1.16 bits per heavy atom. The summed E-state index contributed by atoms with van der Waals surface area (Å²) in [7, 11) is 4.22. The SMILES string of the molecule is CN(C)Cc1ccc(NC2CCCCC2(C)C)cc1. The molecule has 0 saturated heterocycles. The maximum atomic E-state index is 3.74. The molecule has 1 aromatic carbocycles. The van der Waals surface area contributed by atoms with Gasteiger partial charge in [0.15, 0.2) is 0 Å². The zero-order chi connectivity index (χ0) is 13.9. The Kier molecular flexibility index (Phi) is 4.51. The molecule has 1 fully saturated rings. The van der Waals surface area contributed by atoms with Crippen LogP contribution in [-0.4, -0.2) is 25.0 Å². The molecule has 0 aliphatic heterocycles. The van der Waals surface area contributed by atoms with E-state index in [0.717, 1.165) is 6.54 Å². The van der Waals surface area contributed by atoms with E-state index in [0.29, 0.717) is 11.5 Å². The molecule has 1 aromatic rings. The van der Waals surface area contributed by atoms with Crippen LogP contribution in [0.3, 0.4) is 0 Å². The number of nitrogens with one attached hydrogen (secondary N) is 1. The summed E-state index contributed by atoms with van der Waals surface area (Å²) in [6.07, 6.45) is 5.38. The van der Waals surface area contributed by atoms with Crippen LogP contribution in [0.25, 0.3) is 0 Å². The second-order valence-corrected chi connectivity index (χ2v) is 6.87. The van der Waals surface area contributed by atoms with Gasteiger partial charge in [0, 0.05) is 18.3 Å². The van der Waals surface area contributed by atoms with Crippen LogP contribution in [0.15, 0.2) is 24.3 Å². The lowest BCUT2D eigenvalue weighted by molar-refractivity contribution is 0.217. The van der Waals surface area contributed by atoms with Crippen molar-refractivity contribution in [3.63, 3.8) is 0 Å². The summed E-state index contributed by atoms with van der Waals surface area (Å²) in [5.41, 5.74) is 3.06. The van der Waals surface area contributed by atoms with Crippen LogP contribution in [0, 0.1) is 5.41 Å². The predicted molar refractivity (Wildman–Crippen MR) is 83.5 cm³/mol. The molecule has 0 aromatic heterocycles. The molecule has 2 rings (SSSR count). The minimum absolute atomic E-state index is 0.417. The van der Waals surface area contributed by atoms with Gasteiger partial charge in [-0.25, -0.2) is 0 Å². The molecule has 1 aliphatic rings. The molecule has 2 nitrogen and oxygen atoms in total. The second-order valence-electron chi connectivity index (χ2n) is 6.87. The molecule has 0 spiro atoms. The van der Waals surface area contributed by atoms with Gasteiger partial charge in [0.1, 0.15) is 0 Å². The van der Waals surface area contributed by atoms with E-state index in [1.54, 1.807) is 0 Å². The number of benzene rings is 1. The molecule has 1 saturated carbocycles. The van der Waals surface area contributed by atoms with Crippen LogP contribution in [0.1, 0.15) is 45.1 Å². The molecule has 106 valence electrons. The third-order valence-electron chi connectivity index (χ3n) is 4.30. The van der Waals surface area contributed by atoms with Crippen LogP contribution in [0.2, 0.25) is 0 Å². The fourth-order valence-corrected chi connectivity index (χ4v) is 3.03. The highest BCUT2D eigenvalue weighted by molar-refractivity contribution is 5.46. The summed E-state index contributed by atoms with van der Waals surface area (Å²) in [6, 6.07) is 9.53. The van der Waals surface area contributed by atoms with Crippen molar-refractivity contribution in [2.24, 2.45) is 5.41 Å². The fourth-order valence-electron chi connectivity index (χ4n) is 3.03. The Morgan fingerprint density at radius 2 is 1.84 bits per heavy atom. The van der Waals surface area contributed by atoms with Gasteiger partial charge in [-0.2, -0.15) is 0 Å². The van der Waals surface area contributed by atoms with Crippen LogP contribution >= 0.6 is 0 Å². The van der Waals surface area contributed by atoms with Gasteiger partial charge in [0.25, 0.3) is 0 Å². The van der Waals surface area contributed by atoms with Gasteiger partial charge >= 0.3 is 0 Å². The van der Waals surface area contributed by atoms with Gasteiger partial charge in [-0.1, -0.05) is 38.8 Å². The number of nitrogens with zero attached hydrogens (tertiary/aromatic N) is 1. The third-order valence-corrected chi connectivity index (χ3v) is 4.30. The molecule has 1 unspecified atom stereocenters. The van der Waals surface area contributed by atoms with Gasteiger partial charge < -0.3 is 10.2 Å². The Labute approximate surface area is 118 Å². The van der Waals surface area contributed by atoms with E-state index in [-0.39, 0.29) is 0 Å². The average Bonchev–Trinajstić information content (AvgIpc) is 2.33. The third kappa shape index (κ3) is 3.97. The molecule has 0 amide bonds. The highest BCUT2D eigenvalue weighted by Gasteiger charge is 2.31. The largest absolute Gasteiger partial charge is 0.382 e. The summed E-state index contributed by atoms with van der Waals surface area (Å²) in [5.74, 6) is 0. The Bertz CT molecular complexity index is 392. The van der Waals surface area contributed by atoms with Gasteiger partial charge in [-0.05, 0) is 50.0 Å². The Balaban J connectivity index is 1.99. The van der Waals surface area contributed by atoms with Crippen LogP contribution < -0.4 is 5.32 Å². The zero-order valence-electron chi connectivity index (χ0n) is 12.9. The van der Waals surface area contributed by atoms with Crippen molar-refractivity contribution in [3.8, 4) is 0 Å². The molecule has 19 heavy (non-hydrogen) atoms. The van der Waals surface area contributed by atoms with Gasteiger partial charge in [0.05, 0.1) is 0 Å². The smallest absolute Gasteiger partial charge is 0.0342 e. The molecule has 1 N–H and O–H groups in total. The number of anilines is 1. The first-order chi connectivity index (χ1) is 8.97. The number of hydrogen-bond donors (Lipinski definition) is 1. The van der Waals surface area contributed by atoms with E-state index in [1.165, 1.54) is 36.9 Å². The summed E-state index contributed by atoms with van der Waals surface area (Å²) in [4.78, 5) is 2.20. The van der Waals surface area contributed by atoms with Crippen LogP contribution in [0.4, 0.5) is 5.69 Å². The van der Waals surface area contributed by atoms with E-state index in [1.807, 2.05) is 0 Å². The minimum Gasteiger partial charge on any atom is -0.382 e. The normalized spacial score (nSPS) is 22.5. The van der Waals surface area contributed by atoms with Crippen molar-refractivity contribution in [3.05, 3.63) is 29.8 Å². The quantitative estimate of drug-likeness (QED) is 0.875. The first-order valence-electron chi connectivity index (χ1n) is 7.47. The highest BCUT2D eigenvalue weighted by Crippen LogP contribution is 2.37. The molecule has 1 aliphatic carbocycles. The average molecular weight is 260 g/mol. The minimum atomic E-state index is 0.417. The predicted octanol–water partition coefficient (Wildman–Crippen LogP) is 4.13. The van der Waals surface area contributed by atoms with Crippen molar-refractivity contribution < 1.29 is 0 Å². The Hall–Kier alpha value is -1.02. The van der Waals surface area contributed by atoms with Crippen molar-refractivity contribution >= 4 is 5.69 Å². The fraction of sp³-hybridized carbons (Fsp3) is 0.647. The molecule has 1 atom stereocenters. The van der Waals surface area contributed by atoms with Crippen LogP contribution in [0.5, 0.6) is 0 Å². The first kappa shape index (κ1) is 14.4. The molecular formula is C17H28N2. The Morgan fingerprint density at radius 3 is 2.42 bits per heavy atom. The van der Waals surface area contributed by atoms with Crippen molar-refractivity contribution in [2.75, 3.05) is 19.4 Å². The first-order valence-corrected chi connectivity index (χ1v) is 7.47. The monoisotopic (exact) mass is 260 g/mol. The lowest BCUT2D eigenvalue weighted by Gasteiger charge is -2.39. The molecular weight excluding hydrogens is 232 g/mol. The van der Waals surface area contributed by atoms with E-state index in [9.17, 15) is 0 Å². The second kappa shape index (κ2) is 5.96. The summed E-state index contributed by atoms with van der Waals surface area (Å²) in [5, 5.41) is 3.74.